The van der Waals surface area contributed by atoms with Gasteiger partial charge in [0.15, 0.2) is 0 Å². The topological polar surface area (TPSA) is 75.3 Å². The molecule has 0 saturated heterocycles. The average molecular weight is 435 g/mol. The molecular weight excluding hydrogens is 419 g/mol. The van der Waals surface area contributed by atoms with Crippen molar-refractivity contribution in [3.05, 3.63) is 87.9 Å². The van der Waals surface area contributed by atoms with Crippen LogP contribution in [0.25, 0.3) is 0 Å². The molecule has 0 spiro atoms. The van der Waals surface area contributed by atoms with Crippen LogP contribution < -0.4 is 10.0 Å². The second-order valence-corrected chi connectivity index (χ2v) is 8.47. The second kappa shape index (κ2) is 8.22. The minimum absolute atomic E-state index is 0.0405. The summed E-state index contributed by atoms with van der Waals surface area (Å²) in [7, 11) is -3.88. The number of hydrogen-bond acceptors (Lipinski definition) is 3. The first-order valence-corrected chi connectivity index (χ1v) is 10.5. The predicted molar refractivity (Wildman–Crippen MR) is 113 cm³/mol. The van der Waals surface area contributed by atoms with E-state index < -0.39 is 10.0 Å². The van der Waals surface area contributed by atoms with Crippen molar-refractivity contribution in [3.63, 3.8) is 0 Å². The molecule has 28 heavy (non-hydrogen) atoms. The third-order valence-electron chi connectivity index (χ3n) is 3.99. The van der Waals surface area contributed by atoms with E-state index >= 15 is 0 Å². The van der Waals surface area contributed by atoms with E-state index in [1.165, 1.54) is 18.2 Å². The molecule has 0 aromatic heterocycles. The zero-order chi connectivity index (χ0) is 20.3. The number of anilines is 2. The highest BCUT2D eigenvalue weighted by atomic mass is 35.5. The summed E-state index contributed by atoms with van der Waals surface area (Å²) in [5.41, 5.74) is 1.82. The lowest BCUT2D eigenvalue weighted by Crippen LogP contribution is -2.15. The van der Waals surface area contributed by atoms with Crippen LogP contribution in [0.15, 0.2) is 71.6 Å². The second-order valence-electron chi connectivity index (χ2n) is 6.00. The van der Waals surface area contributed by atoms with Crippen LogP contribution in [0, 0.1) is 6.92 Å². The fraction of sp³-hybridized carbons (Fsp3) is 0.0500. The van der Waals surface area contributed by atoms with E-state index in [0.717, 1.165) is 0 Å². The Morgan fingerprint density at radius 3 is 2.29 bits per heavy atom. The van der Waals surface area contributed by atoms with Crippen molar-refractivity contribution in [1.82, 2.24) is 0 Å². The molecule has 3 aromatic carbocycles. The van der Waals surface area contributed by atoms with Gasteiger partial charge in [0.05, 0.1) is 20.6 Å². The molecule has 0 aliphatic rings. The smallest absolute Gasteiger partial charge is 0.261 e. The van der Waals surface area contributed by atoms with Crippen LogP contribution in [0.2, 0.25) is 10.0 Å². The van der Waals surface area contributed by atoms with Crippen LogP contribution in [0.1, 0.15) is 15.9 Å². The maximum atomic E-state index is 12.7. The SMILES string of the molecule is Cc1cc(S(=O)(=O)Nc2cccc(Cl)c2Cl)ccc1NC(=O)c1ccccc1. The Bertz CT molecular complexity index is 1130. The lowest BCUT2D eigenvalue weighted by atomic mass is 10.1. The fourth-order valence-corrected chi connectivity index (χ4v) is 4.07. The van der Waals surface area contributed by atoms with Crippen LogP contribution in [0.5, 0.6) is 0 Å². The van der Waals surface area contributed by atoms with Gasteiger partial charge >= 0.3 is 0 Å². The highest BCUT2D eigenvalue weighted by Gasteiger charge is 2.18. The van der Waals surface area contributed by atoms with Gasteiger partial charge in [0.2, 0.25) is 0 Å². The molecule has 0 fully saturated rings. The Morgan fingerprint density at radius 2 is 1.61 bits per heavy atom. The highest BCUT2D eigenvalue weighted by molar-refractivity contribution is 7.92. The number of nitrogens with one attached hydrogen (secondary N) is 2. The van der Waals surface area contributed by atoms with Crippen molar-refractivity contribution in [2.24, 2.45) is 0 Å². The summed E-state index contributed by atoms with van der Waals surface area (Å²) in [5.74, 6) is -0.275. The van der Waals surface area contributed by atoms with Crippen LogP contribution in [-0.2, 0) is 10.0 Å². The van der Waals surface area contributed by atoms with Gasteiger partial charge in [-0.1, -0.05) is 47.5 Å². The molecule has 2 N–H and O–H groups in total. The van der Waals surface area contributed by atoms with Gasteiger partial charge in [-0.15, -0.1) is 0 Å². The number of sulfonamides is 1. The lowest BCUT2D eigenvalue weighted by Gasteiger charge is -2.13. The minimum Gasteiger partial charge on any atom is -0.322 e. The lowest BCUT2D eigenvalue weighted by molar-refractivity contribution is 0.102. The van der Waals surface area contributed by atoms with Crippen LogP contribution >= 0.6 is 23.2 Å². The number of halogens is 2. The van der Waals surface area contributed by atoms with Gasteiger partial charge in [-0.2, -0.15) is 0 Å². The van der Waals surface area contributed by atoms with Gasteiger partial charge in [-0.25, -0.2) is 8.42 Å². The van der Waals surface area contributed by atoms with Crippen molar-refractivity contribution >= 4 is 50.5 Å². The number of rotatable bonds is 5. The molecule has 0 aliphatic carbocycles. The molecule has 0 radical (unpaired) electrons. The first kappa shape index (κ1) is 20.2. The Balaban J connectivity index is 1.83. The van der Waals surface area contributed by atoms with E-state index in [0.29, 0.717) is 16.8 Å². The van der Waals surface area contributed by atoms with Crippen molar-refractivity contribution < 1.29 is 13.2 Å². The maximum Gasteiger partial charge on any atom is 0.261 e. The Kier molecular flexibility index (Phi) is 5.93. The molecule has 0 saturated carbocycles. The molecular formula is C20H16Cl2N2O3S. The molecule has 1 amide bonds. The minimum atomic E-state index is -3.88. The van der Waals surface area contributed by atoms with Gasteiger partial charge in [0.25, 0.3) is 15.9 Å². The van der Waals surface area contributed by atoms with Crippen molar-refractivity contribution in [3.8, 4) is 0 Å². The van der Waals surface area contributed by atoms with E-state index in [2.05, 4.69) is 10.0 Å². The average Bonchev–Trinajstić information content (AvgIpc) is 2.67. The van der Waals surface area contributed by atoms with E-state index in [9.17, 15) is 13.2 Å². The molecule has 8 heteroatoms. The van der Waals surface area contributed by atoms with Crippen LogP contribution in [0.3, 0.4) is 0 Å². The third-order valence-corrected chi connectivity index (χ3v) is 6.17. The Labute approximate surface area is 173 Å². The monoisotopic (exact) mass is 434 g/mol. The maximum absolute atomic E-state index is 12.7. The van der Waals surface area contributed by atoms with Crippen molar-refractivity contribution in [2.75, 3.05) is 10.0 Å². The molecule has 0 unspecified atom stereocenters. The van der Waals surface area contributed by atoms with Gasteiger partial charge in [0.1, 0.15) is 0 Å². The van der Waals surface area contributed by atoms with E-state index in [4.69, 9.17) is 23.2 Å². The van der Waals surface area contributed by atoms with E-state index in [-0.39, 0.29) is 26.5 Å². The molecule has 0 atom stereocenters. The van der Waals surface area contributed by atoms with Gasteiger partial charge in [-0.3, -0.25) is 9.52 Å². The zero-order valence-electron chi connectivity index (χ0n) is 14.7. The molecule has 0 aliphatic heterocycles. The summed E-state index contributed by atoms with van der Waals surface area (Å²) >= 11 is 12.0. The quantitative estimate of drug-likeness (QED) is 0.567. The first-order chi connectivity index (χ1) is 13.3. The van der Waals surface area contributed by atoms with Crippen molar-refractivity contribution in [1.29, 1.82) is 0 Å². The summed E-state index contributed by atoms with van der Waals surface area (Å²) in [4.78, 5) is 12.3. The summed E-state index contributed by atoms with van der Waals surface area (Å²) < 4.78 is 27.8. The number of hydrogen-bond donors (Lipinski definition) is 2. The summed E-state index contributed by atoms with van der Waals surface area (Å²) in [6.45, 7) is 1.71. The highest BCUT2D eigenvalue weighted by Crippen LogP contribution is 2.31. The summed E-state index contributed by atoms with van der Waals surface area (Å²) in [5, 5.41) is 3.15. The molecule has 0 heterocycles. The Hall–Kier alpha value is -2.54. The van der Waals surface area contributed by atoms with E-state index in [1.54, 1.807) is 49.4 Å². The Morgan fingerprint density at radius 1 is 0.893 bits per heavy atom. The fourth-order valence-electron chi connectivity index (χ4n) is 2.51. The van der Waals surface area contributed by atoms with E-state index in [1.807, 2.05) is 6.07 Å². The largest absolute Gasteiger partial charge is 0.322 e. The first-order valence-electron chi connectivity index (χ1n) is 8.22. The van der Waals surface area contributed by atoms with Crippen molar-refractivity contribution in [2.45, 2.75) is 11.8 Å². The standard InChI is InChI=1S/C20H16Cl2N2O3S/c1-13-12-15(28(26,27)24-18-9-5-8-16(21)19(18)22)10-11-17(13)23-20(25)14-6-3-2-4-7-14/h2-12,24H,1H3,(H,23,25). The number of carbonyl (C=O) groups excluding carboxylic acids is 1. The molecule has 3 aromatic rings. The number of amides is 1. The molecule has 144 valence electrons. The molecule has 3 rings (SSSR count). The normalized spacial score (nSPS) is 11.1. The molecule has 5 nitrogen and oxygen atoms in total. The number of benzene rings is 3. The number of carbonyl (C=O) groups is 1. The zero-order valence-corrected chi connectivity index (χ0v) is 17.1. The third kappa shape index (κ3) is 4.47. The van der Waals surface area contributed by atoms with Gasteiger partial charge < -0.3 is 5.32 Å². The van der Waals surface area contributed by atoms with Gasteiger partial charge in [0, 0.05) is 11.3 Å². The van der Waals surface area contributed by atoms with Crippen LogP contribution in [0.4, 0.5) is 11.4 Å². The number of aryl methyl sites for hydroxylation is 1. The summed E-state index contributed by atoms with van der Waals surface area (Å²) in [6.07, 6.45) is 0. The van der Waals surface area contributed by atoms with Crippen LogP contribution in [-0.4, -0.2) is 14.3 Å². The molecule has 0 bridgehead atoms. The summed E-state index contributed by atoms with van der Waals surface area (Å²) in [6, 6.07) is 17.9. The predicted octanol–water partition coefficient (Wildman–Crippen LogP) is 5.35. The van der Waals surface area contributed by atoms with Gasteiger partial charge in [-0.05, 0) is 55.0 Å².